The van der Waals surface area contributed by atoms with Crippen LogP contribution in [0.15, 0.2) is 36.9 Å². The van der Waals surface area contributed by atoms with Gasteiger partial charge in [-0.1, -0.05) is 0 Å². The molecule has 0 bridgehead atoms. The standard InChI is InChI=1S/C16H20N4O3/c1-2-20-10-12(8-18-20)16-14(5-7-22-16)19-15(21)11-23-13-4-3-6-17-9-13/h3-4,6,8-10,14,16H,2,5,7,11H2,1H3,(H,19,21)/t14-,16+/m0/s1. The van der Waals surface area contributed by atoms with Crippen LogP contribution in [0.3, 0.4) is 0 Å². The van der Waals surface area contributed by atoms with E-state index in [0.717, 1.165) is 18.5 Å². The molecule has 1 saturated heterocycles. The fraction of sp³-hybridized carbons (Fsp3) is 0.438. The monoisotopic (exact) mass is 316 g/mol. The van der Waals surface area contributed by atoms with Crippen molar-refractivity contribution in [1.29, 1.82) is 0 Å². The van der Waals surface area contributed by atoms with Gasteiger partial charge in [0.2, 0.25) is 0 Å². The van der Waals surface area contributed by atoms with Gasteiger partial charge in [0.1, 0.15) is 11.9 Å². The fourth-order valence-corrected chi connectivity index (χ4v) is 2.60. The first-order chi connectivity index (χ1) is 11.3. The minimum absolute atomic E-state index is 0.0386. The summed E-state index contributed by atoms with van der Waals surface area (Å²) in [7, 11) is 0. The predicted molar refractivity (Wildman–Crippen MR) is 82.9 cm³/mol. The van der Waals surface area contributed by atoms with Crippen molar-refractivity contribution >= 4 is 5.91 Å². The Bertz CT molecular complexity index is 644. The molecule has 2 atom stereocenters. The number of carbonyl (C=O) groups is 1. The Morgan fingerprint density at radius 1 is 1.52 bits per heavy atom. The van der Waals surface area contributed by atoms with Crippen molar-refractivity contribution in [3.05, 3.63) is 42.5 Å². The average Bonchev–Trinajstić information content (AvgIpc) is 3.22. The van der Waals surface area contributed by atoms with Crippen LogP contribution in [-0.2, 0) is 16.1 Å². The van der Waals surface area contributed by atoms with Gasteiger partial charge in [-0.15, -0.1) is 0 Å². The van der Waals surface area contributed by atoms with Crippen molar-refractivity contribution in [2.75, 3.05) is 13.2 Å². The molecule has 0 unspecified atom stereocenters. The van der Waals surface area contributed by atoms with Crippen LogP contribution in [0.2, 0.25) is 0 Å². The van der Waals surface area contributed by atoms with Gasteiger partial charge in [0.25, 0.3) is 5.91 Å². The molecule has 1 amide bonds. The minimum Gasteiger partial charge on any atom is -0.482 e. The fourth-order valence-electron chi connectivity index (χ4n) is 2.60. The van der Waals surface area contributed by atoms with Crippen molar-refractivity contribution < 1.29 is 14.3 Å². The van der Waals surface area contributed by atoms with Gasteiger partial charge in [-0.3, -0.25) is 14.5 Å². The SMILES string of the molecule is CCn1cc([C@H]2OCC[C@@H]2NC(=O)COc2cccnc2)cn1. The summed E-state index contributed by atoms with van der Waals surface area (Å²) in [5, 5.41) is 7.24. The first kappa shape index (κ1) is 15.5. The van der Waals surface area contributed by atoms with Gasteiger partial charge in [0.05, 0.1) is 18.4 Å². The summed E-state index contributed by atoms with van der Waals surface area (Å²) in [6, 6.07) is 3.47. The Hall–Kier alpha value is -2.41. The van der Waals surface area contributed by atoms with Crippen LogP contribution in [0, 0.1) is 0 Å². The third-order valence-electron chi connectivity index (χ3n) is 3.75. The number of aryl methyl sites for hydroxylation is 1. The van der Waals surface area contributed by atoms with Gasteiger partial charge >= 0.3 is 0 Å². The molecule has 0 radical (unpaired) electrons. The number of amides is 1. The predicted octanol–water partition coefficient (Wildman–Crippen LogP) is 1.32. The maximum Gasteiger partial charge on any atom is 0.258 e. The van der Waals surface area contributed by atoms with E-state index in [0.29, 0.717) is 12.4 Å². The molecule has 122 valence electrons. The molecule has 1 aliphatic heterocycles. The second-order valence-electron chi connectivity index (χ2n) is 5.36. The molecular formula is C16H20N4O3. The molecule has 0 spiro atoms. The van der Waals surface area contributed by atoms with Gasteiger partial charge in [-0.05, 0) is 25.5 Å². The first-order valence-electron chi connectivity index (χ1n) is 7.72. The Morgan fingerprint density at radius 3 is 3.17 bits per heavy atom. The van der Waals surface area contributed by atoms with Crippen molar-refractivity contribution in [3.8, 4) is 5.75 Å². The summed E-state index contributed by atoms with van der Waals surface area (Å²) in [6.45, 7) is 3.42. The van der Waals surface area contributed by atoms with E-state index in [4.69, 9.17) is 9.47 Å². The zero-order chi connectivity index (χ0) is 16.1. The van der Waals surface area contributed by atoms with Crippen molar-refractivity contribution in [3.63, 3.8) is 0 Å². The van der Waals surface area contributed by atoms with E-state index >= 15 is 0 Å². The number of aromatic nitrogens is 3. The Labute approximate surface area is 134 Å². The smallest absolute Gasteiger partial charge is 0.258 e. The third-order valence-corrected chi connectivity index (χ3v) is 3.75. The summed E-state index contributed by atoms with van der Waals surface area (Å²) < 4.78 is 13.0. The van der Waals surface area contributed by atoms with Gasteiger partial charge in [-0.25, -0.2) is 0 Å². The van der Waals surface area contributed by atoms with Gasteiger partial charge in [0.15, 0.2) is 6.61 Å². The van der Waals surface area contributed by atoms with E-state index in [1.807, 2.05) is 17.8 Å². The maximum atomic E-state index is 12.1. The number of pyridine rings is 1. The van der Waals surface area contributed by atoms with Crippen LogP contribution < -0.4 is 10.1 Å². The number of nitrogens with one attached hydrogen (secondary N) is 1. The molecule has 1 fully saturated rings. The van der Waals surface area contributed by atoms with E-state index in [9.17, 15) is 4.79 Å². The van der Waals surface area contributed by atoms with E-state index < -0.39 is 0 Å². The molecule has 3 rings (SSSR count). The highest BCUT2D eigenvalue weighted by Crippen LogP contribution is 2.28. The third kappa shape index (κ3) is 3.87. The molecule has 0 saturated carbocycles. The lowest BCUT2D eigenvalue weighted by atomic mass is 10.1. The Balaban J connectivity index is 1.54. The first-order valence-corrected chi connectivity index (χ1v) is 7.72. The van der Waals surface area contributed by atoms with Crippen LogP contribution in [-0.4, -0.2) is 39.9 Å². The zero-order valence-corrected chi connectivity index (χ0v) is 13.0. The van der Waals surface area contributed by atoms with Gasteiger partial charge in [0, 0.05) is 31.1 Å². The maximum absolute atomic E-state index is 12.1. The van der Waals surface area contributed by atoms with Crippen LogP contribution in [0.5, 0.6) is 5.75 Å². The van der Waals surface area contributed by atoms with E-state index in [-0.39, 0.29) is 24.7 Å². The number of rotatable bonds is 6. The highest BCUT2D eigenvalue weighted by Gasteiger charge is 2.31. The van der Waals surface area contributed by atoms with Crippen molar-refractivity contribution in [2.45, 2.75) is 32.0 Å². The topological polar surface area (TPSA) is 78.3 Å². The van der Waals surface area contributed by atoms with Crippen molar-refractivity contribution in [1.82, 2.24) is 20.1 Å². The lowest BCUT2D eigenvalue weighted by Gasteiger charge is -2.18. The molecule has 0 aromatic carbocycles. The molecule has 3 heterocycles. The van der Waals surface area contributed by atoms with E-state index in [2.05, 4.69) is 15.4 Å². The second-order valence-corrected chi connectivity index (χ2v) is 5.36. The van der Waals surface area contributed by atoms with E-state index in [1.54, 1.807) is 30.7 Å². The molecule has 0 aliphatic carbocycles. The summed E-state index contributed by atoms with van der Waals surface area (Å²) in [6.07, 6.45) is 7.61. The molecule has 7 nitrogen and oxygen atoms in total. The van der Waals surface area contributed by atoms with Crippen LogP contribution in [0.4, 0.5) is 0 Å². The number of ether oxygens (including phenoxy) is 2. The summed E-state index contributed by atoms with van der Waals surface area (Å²) in [5.74, 6) is 0.406. The summed E-state index contributed by atoms with van der Waals surface area (Å²) in [4.78, 5) is 16.0. The van der Waals surface area contributed by atoms with Crippen LogP contribution in [0.25, 0.3) is 0 Å². The van der Waals surface area contributed by atoms with E-state index in [1.165, 1.54) is 0 Å². The lowest BCUT2D eigenvalue weighted by Crippen LogP contribution is -2.39. The Kier molecular flexibility index (Phi) is 4.87. The highest BCUT2D eigenvalue weighted by atomic mass is 16.5. The molecule has 2 aromatic rings. The molecule has 1 aliphatic rings. The van der Waals surface area contributed by atoms with Crippen molar-refractivity contribution in [2.24, 2.45) is 0 Å². The largest absolute Gasteiger partial charge is 0.482 e. The summed E-state index contributed by atoms with van der Waals surface area (Å²) >= 11 is 0. The number of nitrogens with zero attached hydrogens (tertiary/aromatic N) is 3. The molecule has 7 heteroatoms. The summed E-state index contributed by atoms with van der Waals surface area (Å²) in [5.41, 5.74) is 0.989. The minimum atomic E-state index is -0.169. The molecule has 2 aromatic heterocycles. The normalized spacial score (nSPS) is 20.4. The number of hydrogen-bond acceptors (Lipinski definition) is 5. The van der Waals surface area contributed by atoms with Crippen LogP contribution >= 0.6 is 0 Å². The average molecular weight is 316 g/mol. The quantitative estimate of drug-likeness (QED) is 0.869. The Morgan fingerprint density at radius 2 is 2.43 bits per heavy atom. The van der Waals surface area contributed by atoms with Crippen LogP contribution in [0.1, 0.15) is 25.0 Å². The lowest BCUT2D eigenvalue weighted by molar-refractivity contribution is -0.124. The number of carbonyl (C=O) groups excluding carboxylic acids is 1. The highest BCUT2D eigenvalue weighted by molar-refractivity contribution is 5.78. The molecule has 1 N–H and O–H groups in total. The second kappa shape index (κ2) is 7.23. The number of hydrogen-bond donors (Lipinski definition) is 1. The zero-order valence-electron chi connectivity index (χ0n) is 13.0. The molecular weight excluding hydrogens is 296 g/mol. The molecule has 23 heavy (non-hydrogen) atoms. The van der Waals surface area contributed by atoms with Gasteiger partial charge < -0.3 is 14.8 Å². The van der Waals surface area contributed by atoms with Gasteiger partial charge in [-0.2, -0.15) is 5.10 Å².